The molecule has 0 aliphatic heterocycles. The van der Waals surface area contributed by atoms with Crippen molar-refractivity contribution in [2.24, 2.45) is 0 Å². The third kappa shape index (κ3) is 0.891. The topological polar surface area (TPSA) is 17.1 Å². The number of carbonyl (C=O) groups is 1. The van der Waals surface area contributed by atoms with Gasteiger partial charge in [0.2, 0.25) is 0 Å². The van der Waals surface area contributed by atoms with Crippen LogP contribution in [0.2, 0.25) is 0 Å². The lowest BCUT2D eigenvalue weighted by atomic mass is 9.80. The SMILES string of the molecule is O=C1C=Cc2cc3c4c(c21)CCCC4C=C3. The first-order valence-electron chi connectivity index (χ1n) is 5.95. The van der Waals surface area contributed by atoms with E-state index in [1.807, 2.05) is 6.08 Å². The van der Waals surface area contributed by atoms with Gasteiger partial charge in [-0.2, -0.15) is 0 Å². The molecule has 78 valence electrons. The predicted octanol–water partition coefficient (Wildman–Crippen LogP) is 3.34. The van der Waals surface area contributed by atoms with E-state index in [1.165, 1.54) is 29.5 Å². The van der Waals surface area contributed by atoms with Crippen molar-refractivity contribution in [1.82, 2.24) is 0 Å². The Labute approximate surface area is 94.5 Å². The zero-order valence-electron chi connectivity index (χ0n) is 8.99. The van der Waals surface area contributed by atoms with Crippen LogP contribution in [0, 0.1) is 0 Å². The van der Waals surface area contributed by atoms with Crippen LogP contribution in [0.1, 0.15) is 51.4 Å². The van der Waals surface area contributed by atoms with Crippen molar-refractivity contribution in [2.75, 3.05) is 0 Å². The van der Waals surface area contributed by atoms with Gasteiger partial charge in [0.1, 0.15) is 0 Å². The average Bonchev–Trinajstić information content (AvgIpc) is 2.86. The van der Waals surface area contributed by atoms with Gasteiger partial charge < -0.3 is 0 Å². The van der Waals surface area contributed by atoms with Gasteiger partial charge in [0.05, 0.1) is 0 Å². The Morgan fingerprint density at radius 1 is 1.12 bits per heavy atom. The Balaban J connectivity index is 2.09. The Hall–Kier alpha value is -1.63. The lowest BCUT2D eigenvalue weighted by molar-refractivity contribution is 0.104. The first-order chi connectivity index (χ1) is 7.84. The molecule has 0 saturated heterocycles. The van der Waals surface area contributed by atoms with Gasteiger partial charge in [-0.25, -0.2) is 0 Å². The first-order valence-corrected chi connectivity index (χ1v) is 5.95. The highest BCUT2D eigenvalue weighted by molar-refractivity contribution is 6.15. The molecular weight excluding hydrogens is 196 g/mol. The van der Waals surface area contributed by atoms with Gasteiger partial charge in [-0.05, 0) is 53.7 Å². The molecule has 0 fully saturated rings. The highest BCUT2D eigenvalue weighted by Gasteiger charge is 2.30. The van der Waals surface area contributed by atoms with E-state index in [0.29, 0.717) is 5.92 Å². The Bertz CT molecular complexity index is 576. The maximum atomic E-state index is 11.9. The summed E-state index contributed by atoms with van der Waals surface area (Å²) in [5.74, 6) is 0.790. The fraction of sp³-hybridized carbons (Fsp3) is 0.267. The van der Waals surface area contributed by atoms with Gasteiger partial charge in [-0.3, -0.25) is 4.79 Å². The molecule has 3 aliphatic carbocycles. The van der Waals surface area contributed by atoms with Gasteiger partial charge in [0.25, 0.3) is 0 Å². The van der Waals surface area contributed by atoms with Gasteiger partial charge in [-0.15, -0.1) is 0 Å². The minimum atomic E-state index is 0.209. The number of allylic oxidation sites excluding steroid dienone is 2. The monoisotopic (exact) mass is 208 g/mol. The van der Waals surface area contributed by atoms with Crippen molar-refractivity contribution in [3.63, 3.8) is 0 Å². The lowest BCUT2D eigenvalue weighted by Gasteiger charge is -2.23. The van der Waals surface area contributed by atoms with E-state index >= 15 is 0 Å². The lowest BCUT2D eigenvalue weighted by Crippen LogP contribution is -2.12. The second-order valence-corrected chi connectivity index (χ2v) is 4.88. The summed E-state index contributed by atoms with van der Waals surface area (Å²) in [4.78, 5) is 11.9. The van der Waals surface area contributed by atoms with Crippen LogP contribution in [0.25, 0.3) is 12.2 Å². The number of benzene rings is 1. The fourth-order valence-electron chi connectivity index (χ4n) is 3.36. The molecule has 0 spiro atoms. The van der Waals surface area contributed by atoms with Crippen LogP contribution in [-0.2, 0) is 6.42 Å². The van der Waals surface area contributed by atoms with Crippen molar-refractivity contribution in [3.05, 3.63) is 46.0 Å². The molecule has 16 heavy (non-hydrogen) atoms. The number of rotatable bonds is 0. The third-order valence-electron chi connectivity index (χ3n) is 4.02. The molecule has 1 atom stereocenters. The highest BCUT2D eigenvalue weighted by atomic mass is 16.1. The Kier molecular flexibility index (Phi) is 1.45. The van der Waals surface area contributed by atoms with Crippen LogP contribution in [-0.4, -0.2) is 5.78 Å². The van der Waals surface area contributed by atoms with Crippen LogP contribution < -0.4 is 0 Å². The van der Waals surface area contributed by atoms with Gasteiger partial charge in [0, 0.05) is 11.5 Å². The van der Waals surface area contributed by atoms with Crippen LogP contribution in [0.5, 0.6) is 0 Å². The standard InChI is InChI=1S/C15H12O/c16-13-7-6-11-8-10-5-4-9-2-1-3-12(14(9)10)15(11)13/h4-9H,1-3H2. The maximum Gasteiger partial charge on any atom is 0.186 e. The Morgan fingerprint density at radius 2 is 2.06 bits per heavy atom. The molecule has 0 radical (unpaired) electrons. The number of hydrogen-bond donors (Lipinski definition) is 0. The number of ketones is 1. The number of hydrogen-bond acceptors (Lipinski definition) is 1. The smallest absolute Gasteiger partial charge is 0.186 e. The molecule has 4 rings (SSSR count). The number of carbonyl (C=O) groups excluding carboxylic acids is 1. The summed E-state index contributed by atoms with van der Waals surface area (Å²) in [6, 6.07) is 2.18. The second-order valence-electron chi connectivity index (χ2n) is 4.88. The molecule has 1 aromatic rings. The molecule has 0 saturated carbocycles. The minimum Gasteiger partial charge on any atom is -0.289 e. The van der Waals surface area contributed by atoms with Crippen molar-refractivity contribution in [1.29, 1.82) is 0 Å². The molecule has 0 aromatic heterocycles. The molecule has 0 amide bonds. The van der Waals surface area contributed by atoms with Crippen molar-refractivity contribution < 1.29 is 4.79 Å². The van der Waals surface area contributed by atoms with Crippen LogP contribution in [0.4, 0.5) is 0 Å². The van der Waals surface area contributed by atoms with E-state index in [-0.39, 0.29) is 5.78 Å². The molecule has 0 heterocycles. The molecule has 1 nitrogen and oxygen atoms in total. The van der Waals surface area contributed by atoms with E-state index in [1.54, 1.807) is 6.08 Å². The summed E-state index contributed by atoms with van der Waals surface area (Å²) in [6.07, 6.45) is 11.7. The van der Waals surface area contributed by atoms with Gasteiger partial charge in [-0.1, -0.05) is 18.2 Å². The van der Waals surface area contributed by atoms with E-state index in [9.17, 15) is 4.79 Å². The third-order valence-corrected chi connectivity index (χ3v) is 4.02. The molecule has 3 aliphatic rings. The zero-order chi connectivity index (χ0) is 10.7. The van der Waals surface area contributed by atoms with E-state index < -0.39 is 0 Å². The summed E-state index contributed by atoms with van der Waals surface area (Å²) in [5.41, 5.74) is 6.25. The summed E-state index contributed by atoms with van der Waals surface area (Å²) in [5, 5.41) is 0. The molecule has 0 N–H and O–H groups in total. The minimum absolute atomic E-state index is 0.209. The fourth-order valence-corrected chi connectivity index (χ4v) is 3.36. The summed E-state index contributed by atoms with van der Waals surface area (Å²) in [7, 11) is 0. The predicted molar refractivity (Wildman–Crippen MR) is 64.5 cm³/mol. The van der Waals surface area contributed by atoms with Gasteiger partial charge >= 0.3 is 0 Å². The zero-order valence-corrected chi connectivity index (χ0v) is 8.99. The largest absolute Gasteiger partial charge is 0.289 e. The molecule has 1 aromatic carbocycles. The molecule has 1 heteroatoms. The van der Waals surface area contributed by atoms with Gasteiger partial charge in [0.15, 0.2) is 5.78 Å². The molecule has 0 bridgehead atoms. The van der Waals surface area contributed by atoms with Crippen molar-refractivity contribution in [3.8, 4) is 0 Å². The number of fused-ring (bicyclic) bond motifs is 2. The summed E-state index contributed by atoms with van der Waals surface area (Å²) in [6.45, 7) is 0. The van der Waals surface area contributed by atoms with Crippen LogP contribution in [0.3, 0.4) is 0 Å². The van der Waals surface area contributed by atoms with E-state index in [2.05, 4.69) is 18.2 Å². The highest BCUT2D eigenvalue weighted by Crippen LogP contribution is 2.44. The normalized spacial score (nSPS) is 23.8. The van der Waals surface area contributed by atoms with Crippen molar-refractivity contribution >= 4 is 17.9 Å². The maximum absolute atomic E-state index is 11.9. The Morgan fingerprint density at radius 3 is 3.00 bits per heavy atom. The van der Waals surface area contributed by atoms with Crippen molar-refractivity contribution in [2.45, 2.75) is 25.2 Å². The summed E-state index contributed by atoms with van der Waals surface area (Å²) < 4.78 is 0. The van der Waals surface area contributed by atoms with Crippen LogP contribution in [0.15, 0.2) is 18.2 Å². The van der Waals surface area contributed by atoms with E-state index in [0.717, 1.165) is 17.5 Å². The average molecular weight is 208 g/mol. The summed E-state index contributed by atoms with van der Waals surface area (Å²) >= 11 is 0. The quantitative estimate of drug-likeness (QED) is 0.639. The van der Waals surface area contributed by atoms with E-state index in [4.69, 9.17) is 0 Å². The second kappa shape index (κ2) is 2.73. The molecular formula is C15H12O. The molecule has 1 unspecified atom stereocenters. The first kappa shape index (κ1) is 8.51. The van der Waals surface area contributed by atoms with Crippen LogP contribution >= 0.6 is 0 Å².